The van der Waals surface area contributed by atoms with Crippen molar-refractivity contribution in [1.29, 1.82) is 0 Å². The minimum Gasteiger partial charge on any atom is -0.369 e. The van der Waals surface area contributed by atoms with Crippen LogP contribution in [0.25, 0.3) is 10.9 Å². The highest BCUT2D eigenvalue weighted by atomic mass is 16.2. The van der Waals surface area contributed by atoms with E-state index < -0.39 is 0 Å². The number of amides is 2. The Bertz CT molecular complexity index is 745. The van der Waals surface area contributed by atoms with Crippen molar-refractivity contribution in [2.24, 2.45) is 5.73 Å². The summed E-state index contributed by atoms with van der Waals surface area (Å²) >= 11 is 0. The third-order valence-corrected chi connectivity index (χ3v) is 4.70. The number of para-hydroxylation sites is 1. The molecule has 6 heteroatoms. The van der Waals surface area contributed by atoms with E-state index >= 15 is 0 Å². The van der Waals surface area contributed by atoms with Gasteiger partial charge in [-0.1, -0.05) is 18.2 Å². The van der Waals surface area contributed by atoms with E-state index in [1.807, 2.05) is 36.1 Å². The molecule has 1 aliphatic heterocycles. The third-order valence-electron chi connectivity index (χ3n) is 4.70. The van der Waals surface area contributed by atoms with Gasteiger partial charge in [0, 0.05) is 35.7 Å². The molecule has 0 aliphatic carbocycles. The van der Waals surface area contributed by atoms with E-state index in [4.69, 9.17) is 5.73 Å². The second-order valence-electron chi connectivity index (χ2n) is 6.54. The molecule has 0 radical (unpaired) electrons. The largest absolute Gasteiger partial charge is 0.369 e. The van der Waals surface area contributed by atoms with Crippen molar-refractivity contribution in [1.82, 2.24) is 15.2 Å². The minimum absolute atomic E-state index is 0.0520. The maximum absolute atomic E-state index is 12.4. The smallest absolute Gasteiger partial charge is 0.231 e. The number of fused-ring (bicyclic) bond motifs is 1. The van der Waals surface area contributed by atoms with Gasteiger partial charge in [-0.3, -0.25) is 14.5 Å². The first-order valence-corrected chi connectivity index (χ1v) is 8.39. The van der Waals surface area contributed by atoms with Crippen molar-refractivity contribution >= 4 is 22.7 Å². The number of hydrogen-bond acceptors (Lipinski definition) is 3. The lowest BCUT2D eigenvalue weighted by Gasteiger charge is -2.31. The lowest BCUT2D eigenvalue weighted by Crippen LogP contribution is -2.47. The zero-order valence-corrected chi connectivity index (χ0v) is 14.0. The summed E-state index contributed by atoms with van der Waals surface area (Å²) in [6, 6.07) is 8.22. The SMILES string of the molecule is Cc1[nH]c2ccccc2c1CC(=O)NC1CCN(CC(N)=O)CC1. The van der Waals surface area contributed by atoms with E-state index in [9.17, 15) is 9.59 Å². The number of hydrogen-bond donors (Lipinski definition) is 3. The summed E-state index contributed by atoms with van der Waals surface area (Å²) in [5.74, 6) is -0.247. The first-order valence-electron chi connectivity index (χ1n) is 8.39. The molecule has 6 nitrogen and oxygen atoms in total. The van der Waals surface area contributed by atoms with E-state index in [1.165, 1.54) is 0 Å². The van der Waals surface area contributed by atoms with Gasteiger partial charge in [-0.05, 0) is 31.4 Å². The van der Waals surface area contributed by atoms with Crippen LogP contribution in [-0.2, 0) is 16.0 Å². The number of piperidine rings is 1. The summed E-state index contributed by atoms with van der Waals surface area (Å²) in [6.07, 6.45) is 2.09. The van der Waals surface area contributed by atoms with Gasteiger partial charge < -0.3 is 16.0 Å². The van der Waals surface area contributed by atoms with Gasteiger partial charge in [-0.2, -0.15) is 0 Å². The normalized spacial score (nSPS) is 16.4. The molecule has 0 bridgehead atoms. The number of H-pyrrole nitrogens is 1. The number of likely N-dealkylation sites (tertiary alicyclic amines) is 1. The summed E-state index contributed by atoms with van der Waals surface area (Å²) in [5, 5.41) is 4.24. The van der Waals surface area contributed by atoms with Gasteiger partial charge in [0.25, 0.3) is 0 Å². The van der Waals surface area contributed by atoms with Crippen molar-refractivity contribution in [2.75, 3.05) is 19.6 Å². The van der Waals surface area contributed by atoms with Crippen LogP contribution in [0.15, 0.2) is 24.3 Å². The Balaban J connectivity index is 1.56. The second kappa shape index (κ2) is 7.05. The van der Waals surface area contributed by atoms with Crippen molar-refractivity contribution < 1.29 is 9.59 Å². The highest BCUT2D eigenvalue weighted by molar-refractivity contribution is 5.90. The minimum atomic E-state index is -0.299. The quantitative estimate of drug-likeness (QED) is 0.767. The molecule has 3 rings (SSSR count). The van der Waals surface area contributed by atoms with Gasteiger partial charge in [-0.25, -0.2) is 0 Å². The third kappa shape index (κ3) is 3.76. The Kier molecular flexibility index (Phi) is 4.85. The first kappa shape index (κ1) is 16.5. The van der Waals surface area contributed by atoms with Gasteiger partial charge in [-0.15, -0.1) is 0 Å². The molecule has 1 fully saturated rings. The Morgan fingerprint density at radius 3 is 2.71 bits per heavy atom. The molecule has 2 aromatic rings. The van der Waals surface area contributed by atoms with Crippen LogP contribution in [0.3, 0.4) is 0 Å². The molecule has 128 valence electrons. The summed E-state index contributed by atoms with van der Waals surface area (Å²) < 4.78 is 0. The van der Waals surface area contributed by atoms with E-state index in [0.29, 0.717) is 13.0 Å². The number of nitrogens with two attached hydrogens (primary N) is 1. The average Bonchev–Trinajstić information content (AvgIpc) is 2.85. The van der Waals surface area contributed by atoms with Crippen LogP contribution in [-0.4, -0.2) is 47.4 Å². The predicted octanol–water partition coefficient (Wildman–Crippen LogP) is 1.08. The first-order chi connectivity index (χ1) is 11.5. The predicted molar refractivity (Wildman–Crippen MR) is 93.5 cm³/mol. The summed E-state index contributed by atoms with van der Waals surface area (Å²) in [5.41, 5.74) is 8.40. The van der Waals surface area contributed by atoms with Crippen LogP contribution in [0.4, 0.5) is 0 Å². The summed E-state index contributed by atoms with van der Waals surface area (Å²) in [4.78, 5) is 28.7. The van der Waals surface area contributed by atoms with Gasteiger partial charge in [0.15, 0.2) is 0 Å². The Hall–Kier alpha value is -2.34. The number of aromatic nitrogens is 1. The van der Waals surface area contributed by atoms with Crippen molar-refractivity contribution in [2.45, 2.75) is 32.2 Å². The van der Waals surface area contributed by atoms with Crippen molar-refractivity contribution in [3.05, 3.63) is 35.5 Å². The van der Waals surface area contributed by atoms with Crippen LogP contribution in [0, 0.1) is 6.92 Å². The monoisotopic (exact) mass is 328 g/mol. The fraction of sp³-hybridized carbons (Fsp3) is 0.444. The second-order valence-corrected chi connectivity index (χ2v) is 6.54. The molecule has 0 atom stereocenters. The lowest BCUT2D eigenvalue weighted by atomic mass is 10.0. The molecule has 0 saturated carbocycles. The molecule has 1 saturated heterocycles. The number of rotatable bonds is 5. The van der Waals surface area contributed by atoms with Crippen LogP contribution in [0.2, 0.25) is 0 Å². The molecule has 0 unspecified atom stereocenters. The zero-order valence-electron chi connectivity index (χ0n) is 14.0. The molecule has 24 heavy (non-hydrogen) atoms. The number of primary amides is 1. The summed E-state index contributed by atoms with van der Waals surface area (Å²) in [6.45, 7) is 3.89. The zero-order chi connectivity index (χ0) is 17.1. The van der Waals surface area contributed by atoms with E-state index in [1.54, 1.807) is 0 Å². The lowest BCUT2D eigenvalue weighted by molar-refractivity contribution is -0.122. The van der Waals surface area contributed by atoms with Crippen LogP contribution in [0.5, 0.6) is 0 Å². The van der Waals surface area contributed by atoms with Crippen molar-refractivity contribution in [3.63, 3.8) is 0 Å². The van der Waals surface area contributed by atoms with Gasteiger partial charge in [0.2, 0.25) is 11.8 Å². The molecule has 0 spiro atoms. The number of nitrogens with one attached hydrogen (secondary N) is 2. The standard InChI is InChI=1S/C18H24N4O2/c1-12-15(14-4-2-3-5-16(14)20-12)10-18(24)21-13-6-8-22(9-7-13)11-17(19)23/h2-5,13,20H,6-11H2,1H3,(H2,19,23)(H,21,24). The van der Waals surface area contributed by atoms with Crippen LogP contribution < -0.4 is 11.1 Å². The summed E-state index contributed by atoms with van der Waals surface area (Å²) in [7, 11) is 0. The fourth-order valence-corrected chi connectivity index (χ4v) is 3.46. The maximum atomic E-state index is 12.4. The highest BCUT2D eigenvalue weighted by Crippen LogP contribution is 2.22. The number of aryl methyl sites for hydroxylation is 1. The maximum Gasteiger partial charge on any atom is 0.231 e. The van der Waals surface area contributed by atoms with E-state index in [2.05, 4.69) is 10.3 Å². The van der Waals surface area contributed by atoms with Crippen LogP contribution >= 0.6 is 0 Å². The average molecular weight is 328 g/mol. The molecular formula is C18H24N4O2. The molecule has 2 amide bonds. The molecule has 1 aliphatic rings. The Morgan fingerprint density at radius 1 is 1.29 bits per heavy atom. The van der Waals surface area contributed by atoms with Crippen molar-refractivity contribution in [3.8, 4) is 0 Å². The Labute approximate surface area is 141 Å². The molecule has 4 N–H and O–H groups in total. The fourth-order valence-electron chi connectivity index (χ4n) is 3.46. The molecule has 1 aromatic carbocycles. The number of nitrogens with zero attached hydrogens (tertiary/aromatic N) is 1. The highest BCUT2D eigenvalue weighted by Gasteiger charge is 2.22. The molecular weight excluding hydrogens is 304 g/mol. The topological polar surface area (TPSA) is 91.2 Å². The van der Waals surface area contributed by atoms with Gasteiger partial charge in [0.1, 0.15) is 0 Å². The number of carbonyl (C=O) groups is 2. The van der Waals surface area contributed by atoms with E-state index in [-0.39, 0.29) is 17.9 Å². The number of carbonyl (C=O) groups excluding carboxylic acids is 2. The van der Waals surface area contributed by atoms with Gasteiger partial charge >= 0.3 is 0 Å². The Morgan fingerprint density at radius 2 is 2.00 bits per heavy atom. The van der Waals surface area contributed by atoms with Gasteiger partial charge in [0.05, 0.1) is 13.0 Å². The molecule has 2 heterocycles. The number of benzene rings is 1. The number of aromatic amines is 1. The molecule has 1 aromatic heterocycles. The van der Waals surface area contributed by atoms with Crippen LogP contribution in [0.1, 0.15) is 24.1 Å². The van der Waals surface area contributed by atoms with E-state index in [0.717, 1.165) is 48.1 Å².